The fourth-order valence-electron chi connectivity index (χ4n) is 1.37. The summed E-state index contributed by atoms with van der Waals surface area (Å²) in [7, 11) is 0. The largest absolute Gasteiger partial charge is 0.504 e. The van der Waals surface area contributed by atoms with Gasteiger partial charge in [-0.15, -0.1) is 0 Å². The second-order valence-corrected chi connectivity index (χ2v) is 2.92. The van der Waals surface area contributed by atoms with Crippen LogP contribution in [0.25, 0.3) is 0 Å². The summed E-state index contributed by atoms with van der Waals surface area (Å²) in [6.07, 6.45) is 0. The second kappa shape index (κ2) is 3.10. The van der Waals surface area contributed by atoms with Gasteiger partial charge in [0, 0.05) is 6.54 Å². The van der Waals surface area contributed by atoms with Crippen LogP contribution in [0.2, 0.25) is 0 Å². The monoisotopic (exact) mass is 195 g/mol. The molecule has 1 aliphatic heterocycles. The molecule has 1 aromatic rings. The minimum absolute atomic E-state index is 0.146. The lowest BCUT2D eigenvalue weighted by molar-refractivity contribution is 0.0693. The molecule has 0 amide bonds. The first kappa shape index (κ1) is 8.68. The zero-order valence-corrected chi connectivity index (χ0v) is 7.28. The lowest BCUT2D eigenvalue weighted by atomic mass is 10.1. The Hall–Kier alpha value is -1.91. The molecule has 0 saturated carbocycles. The Labute approximate surface area is 79.9 Å². The Kier molecular flexibility index (Phi) is 1.92. The maximum Gasteiger partial charge on any atom is 0.339 e. The number of carboxylic acid groups (broad SMARTS) is 1. The molecule has 5 heteroatoms. The van der Waals surface area contributed by atoms with Gasteiger partial charge in [-0.25, -0.2) is 4.79 Å². The molecule has 0 aliphatic carbocycles. The Morgan fingerprint density at radius 3 is 3.00 bits per heavy atom. The molecule has 0 bridgehead atoms. The van der Waals surface area contributed by atoms with Crippen molar-refractivity contribution < 1.29 is 19.7 Å². The molecular formula is C9H9NO4. The standard InChI is InChI=1S/C9H9NO4/c11-7-5(9(12)13)1-2-6-8(7)14-4-3-10-6/h1-2,10-11H,3-4H2,(H,12,13). The first-order valence-corrected chi connectivity index (χ1v) is 4.16. The predicted octanol–water partition coefficient (Wildman–Crippen LogP) is 0.895. The molecule has 0 saturated heterocycles. The minimum Gasteiger partial charge on any atom is -0.504 e. The van der Waals surface area contributed by atoms with Gasteiger partial charge in [-0.2, -0.15) is 0 Å². The van der Waals surface area contributed by atoms with Crippen LogP contribution in [0.4, 0.5) is 5.69 Å². The van der Waals surface area contributed by atoms with Gasteiger partial charge in [0.25, 0.3) is 0 Å². The fraction of sp³-hybridized carbons (Fsp3) is 0.222. The Morgan fingerprint density at radius 2 is 2.29 bits per heavy atom. The van der Waals surface area contributed by atoms with E-state index in [1.54, 1.807) is 6.07 Å². The Morgan fingerprint density at radius 1 is 1.50 bits per heavy atom. The number of rotatable bonds is 1. The molecule has 2 rings (SSSR count). The molecule has 74 valence electrons. The van der Waals surface area contributed by atoms with E-state index in [1.165, 1.54) is 6.07 Å². The molecule has 1 aliphatic rings. The predicted molar refractivity (Wildman–Crippen MR) is 49.1 cm³/mol. The van der Waals surface area contributed by atoms with Gasteiger partial charge >= 0.3 is 5.97 Å². The van der Waals surface area contributed by atoms with E-state index in [1.807, 2.05) is 0 Å². The van der Waals surface area contributed by atoms with Crippen molar-refractivity contribution in [1.82, 2.24) is 0 Å². The van der Waals surface area contributed by atoms with Crippen LogP contribution >= 0.6 is 0 Å². The van der Waals surface area contributed by atoms with E-state index in [2.05, 4.69) is 5.32 Å². The molecule has 0 spiro atoms. The van der Waals surface area contributed by atoms with Gasteiger partial charge in [-0.05, 0) is 12.1 Å². The summed E-state index contributed by atoms with van der Waals surface area (Å²) in [5.41, 5.74) is 0.478. The zero-order valence-electron chi connectivity index (χ0n) is 7.28. The van der Waals surface area contributed by atoms with Crippen LogP contribution in [0.1, 0.15) is 10.4 Å². The van der Waals surface area contributed by atoms with Crippen LogP contribution < -0.4 is 10.1 Å². The zero-order chi connectivity index (χ0) is 10.1. The lowest BCUT2D eigenvalue weighted by Crippen LogP contribution is -2.18. The number of hydrogen-bond donors (Lipinski definition) is 3. The van der Waals surface area contributed by atoms with Crippen molar-refractivity contribution in [3.05, 3.63) is 17.7 Å². The van der Waals surface area contributed by atoms with Crippen LogP contribution in [0.3, 0.4) is 0 Å². The Balaban J connectivity index is 2.54. The van der Waals surface area contributed by atoms with Gasteiger partial charge in [0.15, 0.2) is 11.5 Å². The van der Waals surface area contributed by atoms with Crippen molar-refractivity contribution in [3.63, 3.8) is 0 Å². The van der Waals surface area contributed by atoms with Gasteiger partial charge in [0.2, 0.25) is 0 Å². The summed E-state index contributed by atoms with van der Waals surface area (Å²) in [6.45, 7) is 1.07. The van der Waals surface area contributed by atoms with Gasteiger partial charge in [-0.1, -0.05) is 0 Å². The van der Waals surface area contributed by atoms with Gasteiger partial charge in [0.1, 0.15) is 12.2 Å². The third-order valence-electron chi connectivity index (χ3n) is 2.03. The smallest absolute Gasteiger partial charge is 0.339 e. The summed E-state index contributed by atoms with van der Waals surface area (Å²) < 4.78 is 5.17. The molecule has 0 radical (unpaired) electrons. The third kappa shape index (κ3) is 1.22. The number of hydrogen-bond acceptors (Lipinski definition) is 4. The molecule has 1 aromatic carbocycles. The number of aromatic hydroxyl groups is 1. The van der Waals surface area contributed by atoms with Crippen LogP contribution in [-0.4, -0.2) is 29.3 Å². The van der Waals surface area contributed by atoms with E-state index >= 15 is 0 Å². The first-order chi connectivity index (χ1) is 6.70. The maximum atomic E-state index is 10.7. The number of benzene rings is 1. The van der Waals surface area contributed by atoms with Gasteiger partial charge < -0.3 is 20.3 Å². The molecule has 3 N–H and O–H groups in total. The average Bonchev–Trinajstić information content (AvgIpc) is 2.18. The van der Waals surface area contributed by atoms with Crippen molar-refractivity contribution in [2.24, 2.45) is 0 Å². The molecule has 14 heavy (non-hydrogen) atoms. The van der Waals surface area contributed by atoms with E-state index in [0.29, 0.717) is 18.8 Å². The highest BCUT2D eigenvalue weighted by atomic mass is 16.5. The fourth-order valence-corrected chi connectivity index (χ4v) is 1.37. The van der Waals surface area contributed by atoms with Crippen molar-refractivity contribution in [2.45, 2.75) is 0 Å². The van der Waals surface area contributed by atoms with Crippen molar-refractivity contribution in [2.75, 3.05) is 18.5 Å². The number of carboxylic acids is 1. The average molecular weight is 195 g/mol. The number of anilines is 1. The number of carbonyl (C=O) groups is 1. The normalized spacial score (nSPS) is 13.7. The van der Waals surface area contributed by atoms with E-state index in [0.717, 1.165) is 0 Å². The van der Waals surface area contributed by atoms with E-state index in [4.69, 9.17) is 9.84 Å². The summed E-state index contributed by atoms with van der Waals surface area (Å²) in [5, 5.41) is 21.3. The van der Waals surface area contributed by atoms with Crippen LogP contribution in [0.15, 0.2) is 12.1 Å². The number of nitrogens with one attached hydrogen (secondary N) is 1. The first-order valence-electron chi connectivity index (χ1n) is 4.16. The maximum absolute atomic E-state index is 10.7. The van der Waals surface area contributed by atoms with Crippen molar-refractivity contribution >= 4 is 11.7 Å². The number of phenols is 1. The summed E-state index contributed by atoms with van der Waals surface area (Å²) in [4.78, 5) is 10.7. The topological polar surface area (TPSA) is 78.8 Å². The molecule has 0 fully saturated rings. The van der Waals surface area contributed by atoms with Crippen LogP contribution in [0.5, 0.6) is 11.5 Å². The van der Waals surface area contributed by atoms with Crippen LogP contribution in [-0.2, 0) is 0 Å². The molecule has 5 nitrogen and oxygen atoms in total. The summed E-state index contributed by atoms with van der Waals surface area (Å²) >= 11 is 0. The van der Waals surface area contributed by atoms with Gasteiger partial charge in [0.05, 0.1) is 5.69 Å². The minimum atomic E-state index is -1.17. The highest BCUT2D eigenvalue weighted by molar-refractivity contribution is 5.93. The quantitative estimate of drug-likeness (QED) is 0.620. The molecule has 0 aromatic heterocycles. The summed E-state index contributed by atoms with van der Waals surface area (Å²) in [6, 6.07) is 2.93. The van der Waals surface area contributed by atoms with E-state index < -0.39 is 5.97 Å². The SMILES string of the molecule is O=C(O)c1ccc2c(c1O)OCCN2. The van der Waals surface area contributed by atoms with Crippen LogP contribution in [0, 0.1) is 0 Å². The molecule has 1 heterocycles. The van der Waals surface area contributed by atoms with Crippen molar-refractivity contribution in [1.29, 1.82) is 0 Å². The highest BCUT2D eigenvalue weighted by Crippen LogP contribution is 2.38. The summed E-state index contributed by atoms with van der Waals surface area (Å²) in [5.74, 6) is -1.27. The second-order valence-electron chi connectivity index (χ2n) is 2.92. The number of aromatic carboxylic acids is 1. The van der Waals surface area contributed by atoms with E-state index in [-0.39, 0.29) is 17.1 Å². The third-order valence-corrected chi connectivity index (χ3v) is 2.03. The number of fused-ring (bicyclic) bond motifs is 1. The number of ether oxygens (including phenoxy) is 1. The lowest BCUT2D eigenvalue weighted by Gasteiger charge is -2.20. The molecule has 0 atom stereocenters. The molecule has 0 unspecified atom stereocenters. The Bertz CT molecular complexity index is 389. The van der Waals surface area contributed by atoms with Gasteiger partial charge in [-0.3, -0.25) is 0 Å². The molecular weight excluding hydrogens is 186 g/mol. The highest BCUT2D eigenvalue weighted by Gasteiger charge is 2.20. The van der Waals surface area contributed by atoms with E-state index in [9.17, 15) is 9.90 Å². The van der Waals surface area contributed by atoms with Crippen molar-refractivity contribution in [3.8, 4) is 11.5 Å².